The molecule has 0 saturated carbocycles. The molecule has 2 aromatic heterocycles. The summed E-state index contributed by atoms with van der Waals surface area (Å²) in [4.78, 5) is 11.1. The van der Waals surface area contributed by atoms with Gasteiger partial charge in [0.05, 0.1) is 23.9 Å². The van der Waals surface area contributed by atoms with E-state index in [1.54, 1.807) is 6.07 Å². The molecular weight excluding hydrogens is 314 g/mol. The van der Waals surface area contributed by atoms with Crippen molar-refractivity contribution in [3.8, 4) is 6.07 Å². The van der Waals surface area contributed by atoms with Gasteiger partial charge in [-0.15, -0.1) is 0 Å². The van der Waals surface area contributed by atoms with Gasteiger partial charge in [-0.1, -0.05) is 12.1 Å². The molecule has 2 saturated heterocycles. The van der Waals surface area contributed by atoms with E-state index >= 15 is 0 Å². The zero-order chi connectivity index (χ0) is 17.1. The van der Waals surface area contributed by atoms with Crippen molar-refractivity contribution in [1.29, 1.82) is 5.26 Å². The third-order valence-electron chi connectivity index (χ3n) is 4.93. The smallest absolute Gasteiger partial charge is 0.142 e. The molecular formula is C19H21N5O. The fourth-order valence-electron chi connectivity index (χ4n) is 3.79. The Balaban J connectivity index is 1.35. The highest BCUT2D eigenvalue weighted by Gasteiger charge is 2.45. The second kappa shape index (κ2) is 6.79. The molecule has 6 heteroatoms. The van der Waals surface area contributed by atoms with Gasteiger partial charge in [0.1, 0.15) is 17.6 Å². The van der Waals surface area contributed by atoms with Crippen molar-refractivity contribution in [2.75, 3.05) is 25.0 Å². The largest absolute Gasteiger partial charge is 0.371 e. The fourth-order valence-corrected chi connectivity index (χ4v) is 3.79. The van der Waals surface area contributed by atoms with Crippen LogP contribution >= 0.6 is 0 Å². The van der Waals surface area contributed by atoms with Crippen molar-refractivity contribution in [2.24, 2.45) is 0 Å². The Bertz CT molecular complexity index is 775. The Labute approximate surface area is 147 Å². The maximum Gasteiger partial charge on any atom is 0.142 e. The van der Waals surface area contributed by atoms with Crippen LogP contribution in [0.5, 0.6) is 0 Å². The third-order valence-corrected chi connectivity index (χ3v) is 4.93. The number of hydrogen-bond acceptors (Lipinski definition) is 6. The van der Waals surface area contributed by atoms with Gasteiger partial charge in [0.25, 0.3) is 0 Å². The van der Waals surface area contributed by atoms with Gasteiger partial charge in [-0.25, -0.2) is 4.98 Å². The topological polar surface area (TPSA) is 74.1 Å². The van der Waals surface area contributed by atoms with Crippen LogP contribution in [0.25, 0.3) is 0 Å². The summed E-state index contributed by atoms with van der Waals surface area (Å²) in [6.07, 6.45) is 3.85. The number of ether oxygens (including phenoxy) is 1. The number of aromatic nitrogens is 2. The predicted octanol–water partition coefficient (Wildman–Crippen LogP) is 2.19. The Kier molecular flexibility index (Phi) is 4.35. The van der Waals surface area contributed by atoms with Crippen molar-refractivity contribution in [3.63, 3.8) is 0 Å². The molecule has 0 unspecified atom stereocenters. The molecule has 4 rings (SSSR count). The lowest BCUT2D eigenvalue weighted by atomic mass is 9.97. The molecule has 25 heavy (non-hydrogen) atoms. The Morgan fingerprint density at radius 3 is 3.12 bits per heavy atom. The molecule has 0 aliphatic carbocycles. The summed E-state index contributed by atoms with van der Waals surface area (Å²) in [5, 5.41) is 12.4. The normalized spacial score (nSPS) is 26.0. The van der Waals surface area contributed by atoms with Gasteiger partial charge in [-0.05, 0) is 30.7 Å². The van der Waals surface area contributed by atoms with Gasteiger partial charge in [-0.2, -0.15) is 5.26 Å². The number of likely N-dealkylation sites (tertiary alicyclic amines) is 1. The van der Waals surface area contributed by atoms with Crippen LogP contribution in [0.1, 0.15) is 24.2 Å². The predicted molar refractivity (Wildman–Crippen MR) is 93.8 cm³/mol. The number of nitriles is 1. The molecule has 0 bridgehead atoms. The van der Waals surface area contributed by atoms with Crippen LogP contribution in [0, 0.1) is 11.3 Å². The summed E-state index contributed by atoms with van der Waals surface area (Å²) in [7, 11) is 0. The van der Waals surface area contributed by atoms with Crippen LogP contribution in [0.3, 0.4) is 0 Å². The van der Waals surface area contributed by atoms with Crippen LogP contribution in [-0.4, -0.2) is 46.2 Å². The average Bonchev–Trinajstić information content (AvgIpc) is 3.22. The van der Waals surface area contributed by atoms with Gasteiger partial charge in [-0.3, -0.25) is 9.88 Å². The van der Waals surface area contributed by atoms with E-state index in [-0.39, 0.29) is 11.6 Å². The fraction of sp³-hybridized carbons (Fsp3) is 0.421. The molecule has 1 spiro atoms. The Hall–Kier alpha value is -2.49. The van der Waals surface area contributed by atoms with Crippen molar-refractivity contribution < 1.29 is 4.74 Å². The highest BCUT2D eigenvalue weighted by atomic mass is 16.5. The van der Waals surface area contributed by atoms with Gasteiger partial charge >= 0.3 is 0 Å². The van der Waals surface area contributed by atoms with E-state index in [2.05, 4.69) is 32.3 Å². The number of nitrogens with one attached hydrogen (secondary N) is 1. The molecule has 4 heterocycles. The van der Waals surface area contributed by atoms with E-state index in [1.165, 1.54) is 0 Å². The molecule has 0 radical (unpaired) electrons. The number of pyridine rings is 2. The maximum atomic E-state index is 8.97. The molecule has 0 aromatic carbocycles. The second-order valence-corrected chi connectivity index (χ2v) is 6.84. The molecule has 2 aliphatic rings. The van der Waals surface area contributed by atoms with Gasteiger partial charge < -0.3 is 10.1 Å². The molecule has 2 fully saturated rings. The Morgan fingerprint density at radius 1 is 1.32 bits per heavy atom. The van der Waals surface area contributed by atoms with Crippen molar-refractivity contribution >= 4 is 5.82 Å². The van der Waals surface area contributed by atoms with Crippen molar-refractivity contribution in [3.05, 3.63) is 54.0 Å². The molecule has 2 atom stereocenters. The molecule has 2 aliphatic heterocycles. The van der Waals surface area contributed by atoms with E-state index < -0.39 is 0 Å². The lowest BCUT2D eigenvalue weighted by Crippen LogP contribution is -2.33. The number of nitrogens with zero attached hydrogens (tertiary/aromatic N) is 4. The number of rotatable bonds is 4. The summed E-state index contributed by atoms with van der Waals surface area (Å²) in [6, 6.07) is 13.8. The highest BCUT2D eigenvalue weighted by molar-refractivity contribution is 5.39. The standard InChI is InChI=1S/C19H21N5O/c20-11-15-5-3-6-18(22-15)23-17-10-19(25-13-17)7-9-24(14-19)12-16-4-1-2-8-21-16/h1-6,8,17H,7,9-10,12-14H2,(H,22,23)/t17-,19+/m1/s1. The van der Waals surface area contributed by atoms with Gasteiger partial charge in [0.2, 0.25) is 0 Å². The molecule has 128 valence electrons. The van der Waals surface area contributed by atoms with Gasteiger partial charge in [0, 0.05) is 32.3 Å². The lowest BCUT2D eigenvalue weighted by molar-refractivity contribution is 0.0119. The molecule has 0 amide bonds. The van der Waals surface area contributed by atoms with Crippen LogP contribution in [0.15, 0.2) is 42.6 Å². The van der Waals surface area contributed by atoms with Crippen molar-refractivity contribution in [1.82, 2.24) is 14.9 Å². The van der Waals surface area contributed by atoms with Crippen LogP contribution in [0.2, 0.25) is 0 Å². The SMILES string of the molecule is N#Cc1cccc(N[C@H]2CO[C@@]3(CCN(Cc4ccccn4)C3)C2)n1. The first-order valence-corrected chi connectivity index (χ1v) is 8.65. The second-order valence-electron chi connectivity index (χ2n) is 6.84. The minimum Gasteiger partial charge on any atom is -0.371 e. The van der Waals surface area contributed by atoms with E-state index in [0.29, 0.717) is 12.3 Å². The zero-order valence-electron chi connectivity index (χ0n) is 14.1. The Morgan fingerprint density at radius 2 is 2.28 bits per heavy atom. The van der Waals surface area contributed by atoms with Crippen LogP contribution in [0.4, 0.5) is 5.82 Å². The van der Waals surface area contributed by atoms with E-state index in [0.717, 1.165) is 44.0 Å². The van der Waals surface area contributed by atoms with Crippen LogP contribution in [-0.2, 0) is 11.3 Å². The molecule has 6 nitrogen and oxygen atoms in total. The van der Waals surface area contributed by atoms with Crippen molar-refractivity contribution in [2.45, 2.75) is 31.0 Å². The summed E-state index contributed by atoms with van der Waals surface area (Å²) >= 11 is 0. The summed E-state index contributed by atoms with van der Waals surface area (Å²) in [5.74, 6) is 0.744. The highest BCUT2D eigenvalue weighted by Crippen LogP contribution is 2.36. The average molecular weight is 335 g/mol. The summed E-state index contributed by atoms with van der Waals surface area (Å²) < 4.78 is 6.19. The quantitative estimate of drug-likeness (QED) is 0.923. The van der Waals surface area contributed by atoms with E-state index in [4.69, 9.17) is 10.00 Å². The van der Waals surface area contributed by atoms with Crippen LogP contribution < -0.4 is 5.32 Å². The monoisotopic (exact) mass is 335 g/mol. The molecule has 2 aromatic rings. The van der Waals surface area contributed by atoms with Gasteiger partial charge in [0.15, 0.2) is 0 Å². The zero-order valence-corrected chi connectivity index (χ0v) is 14.1. The minimum absolute atomic E-state index is 0.0702. The molecule has 1 N–H and O–H groups in total. The number of anilines is 1. The maximum absolute atomic E-state index is 8.97. The van der Waals surface area contributed by atoms with E-state index in [9.17, 15) is 0 Å². The third kappa shape index (κ3) is 3.63. The van der Waals surface area contributed by atoms with E-state index in [1.807, 2.05) is 30.5 Å². The summed E-state index contributed by atoms with van der Waals surface area (Å²) in [5.41, 5.74) is 1.46. The number of hydrogen-bond donors (Lipinski definition) is 1. The first kappa shape index (κ1) is 16.0. The lowest BCUT2D eigenvalue weighted by Gasteiger charge is -2.23. The first-order chi connectivity index (χ1) is 12.2. The first-order valence-electron chi connectivity index (χ1n) is 8.65. The minimum atomic E-state index is -0.0702. The summed E-state index contributed by atoms with van der Waals surface area (Å²) in [6.45, 7) is 3.52.